The van der Waals surface area contributed by atoms with Gasteiger partial charge in [-0.1, -0.05) is 18.2 Å². The molecule has 0 amide bonds. The maximum Gasteiger partial charge on any atom is 0.240 e. The average Bonchev–Trinajstić information content (AvgIpc) is 3.17. The molecule has 5 nitrogen and oxygen atoms in total. The number of Topliss-reactive ketones (excluding diaryl/α,β-unsaturated/α-hetero) is 1. The quantitative estimate of drug-likeness (QED) is 0.735. The van der Waals surface area contributed by atoms with Gasteiger partial charge in [-0.2, -0.15) is 0 Å². The molecule has 0 bridgehead atoms. The summed E-state index contributed by atoms with van der Waals surface area (Å²) in [5.74, 6) is 0.493. The van der Waals surface area contributed by atoms with E-state index in [0.717, 1.165) is 25.9 Å². The molecule has 3 rings (SSSR count). The number of carbonyl (C=O) groups is 1. The highest BCUT2D eigenvalue weighted by Crippen LogP contribution is 2.30. The number of rotatable bonds is 7. The first-order valence-corrected chi connectivity index (χ1v) is 11.2. The number of ketones is 1. The van der Waals surface area contributed by atoms with Crippen LogP contribution in [0, 0.1) is 0 Å². The Bertz CT molecular complexity index is 839. The number of likely N-dealkylation sites (tertiary alicyclic amines) is 1. The monoisotopic (exact) mass is 392 g/mol. The maximum absolute atomic E-state index is 12.4. The fraction of sp³-hybridized carbons (Fsp3) is 0.421. The van der Waals surface area contributed by atoms with Crippen LogP contribution < -0.4 is 4.72 Å². The number of piperidine rings is 1. The molecular formula is C19H24N2O3S2. The Morgan fingerprint density at radius 1 is 1.23 bits per heavy atom. The molecule has 140 valence electrons. The van der Waals surface area contributed by atoms with Crippen LogP contribution >= 0.6 is 11.3 Å². The van der Waals surface area contributed by atoms with E-state index in [1.807, 2.05) is 11.3 Å². The van der Waals surface area contributed by atoms with Crippen LogP contribution in [0.15, 0.2) is 46.7 Å². The summed E-state index contributed by atoms with van der Waals surface area (Å²) in [5, 5.41) is 2.12. The van der Waals surface area contributed by atoms with Crippen molar-refractivity contribution < 1.29 is 13.2 Å². The fourth-order valence-electron chi connectivity index (χ4n) is 3.27. The second-order valence-electron chi connectivity index (χ2n) is 6.61. The van der Waals surface area contributed by atoms with Gasteiger partial charge in [0.1, 0.15) is 0 Å². The van der Waals surface area contributed by atoms with Gasteiger partial charge in [-0.15, -0.1) is 11.3 Å². The third-order valence-corrected chi connectivity index (χ3v) is 7.30. The molecule has 1 saturated heterocycles. The molecule has 2 heterocycles. The van der Waals surface area contributed by atoms with Crippen molar-refractivity contribution in [2.24, 2.45) is 0 Å². The van der Waals surface area contributed by atoms with Gasteiger partial charge in [0.2, 0.25) is 10.0 Å². The first-order valence-electron chi connectivity index (χ1n) is 8.82. The van der Waals surface area contributed by atoms with Crippen molar-refractivity contribution >= 4 is 27.1 Å². The summed E-state index contributed by atoms with van der Waals surface area (Å²) < 4.78 is 27.5. The lowest BCUT2D eigenvalue weighted by atomic mass is 9.95. The van der Waals surface area contributed by atoms with Gasteiger partial charge in [0.15, 0.2) is 5.78 Å². The van der Waals surface area contributed by atoms with Crippen molar-refractivity contribution in [2.75, 3.05) is 26.2 Å². The molecule has 7 heteroatoms. The van der Waals surface area contributed by atoms with Gasteiger partial charge in [0.25, 0.3) is 0 Å². The minimum atomic E-state index is -3.59. The Labute approximate surface area is 159 Å². The third-order valence-electron chi connectivity index (χ3n) is 4.80. The Morgan fingerprint density at radius 3 is 2.65 bits per heavy atom. The Morgan fingerprint density at radius 2 is 2.00 bits per heavy atom. The van der Waals surface area contributed by atoms with E-state index in [2.05, 4.69) is 27.1 Å². The topological polar surface area (TPSA) is 66.5 Å². The first-order chi connectivity index (χ1) is 12.5. The standard InChI is InChI=1S/C19H24N2O3S2/c1-15(22)17-4-2-5-18(14-17)26(23,24)20-9-12-21-10-7-16(8-11-21)19-6-3-13-25-19/h2-6,13-14,16,20H,7-12H2,1H3. The van der Waals surface area contributed by atoms with Crippen LogP contribution in [0.25, 0.3) is 0 Å². The van der Waals surface area contributed by atoms with Gasteiger partial charge < -0.3 is 4.90 Å². The van der Waals surface area contributed by atoms with Gasteiger partial charge in [-0.25, -0.2) is 13.1 Å². The summed E-state index contributed by atoms with van der Waals surface area (Å²) in [6, 6.07) is 10.5. The lowest BCUT2D eigenvalue weighted by Gasteiger charge is -2.31. The van der Waals surface area contributed by atoms with Crippen LogP contribution in [0.5, 0.6) is 0 Å². The highest BCUT2D eigenvalue weighted by Gasteiger charge is 2.21. The predicted octanol–water partition coefficient (Wildman–Crippen LogP) is 3.11. The van der Waals surface area contributed by atoms with Crippen LogP contribution in [0.3, 0.4) is 0 Å². The van der Waals surface area contributed by atoms with Crippen LogP contribution in [0.1, 0.15) is 40.9 Å². The van der Waals surface area contributed by atoms with Gasteiger partial charge in [0.05, 0.1) is 4.90 Å². The number of hydrogen-bond donors (Lipinski definition) is 1. The molecule has 0 atom stereocenters. The molecule has 0 saturated carbocycles. The number of sulfonamides is 1. The van der Waals surface area contributed by atoms with Crippen molar-refractivity contribution in [2.45, 2.75) is 30.6 Å². The molecular weight excluding hydrogens is 368 g/mol. The van der Waals surface area contributed by atoms with E-state index in [4.69, 9.17) is 0 Å². The number of nitrogens with one attached hydrogen (secondary N) is 1. The maximum atomic E-state index is 12.4. The summed E-state index contributed by atoms with van der Waals surface area (Å²) in [4.78, 5) is 15.3. The fourth-order valence-corrected chi connectivity index (χ4v) is 5.23. The number of carbonyl (C=O) groups excluding carboxylic acids is 1. The van der Waals surface area contributed by atoms with Crippen molar-refractivity contribution in [3.8, 4) is 0 Å². The zero-order valence-corrected chi connectivity index (χ0v) is 16.5. The van der Waals surface area contributed by atoms with E-state index in [-0.39, 0.29) is 10.7 Å². The molecule has 2 aromatic rings. The number of benzene rings is 1. The Kier molecular flexibility index (Phi) is 6.24. The molecule has 1 aliphatic heterocycles. The summed E-state index contributed by atoms with van der Waals surface area (Å²) in [5.41, 5.74) is 0.406. The van der Waals surface area contributed by atoms with E-state index in [1.54, 1.807) is 12.1 Å². The lowest BCUT2D eigenvalue weighted by Crippen LogP contribution is -2.39. The lowest BCUT2D eigenvalue weighted by molar-refractivity contribution is 0.101. The third kappa shape index (κ3) is 4.79. The molecule has 26 heavy (non-hydrogen) atoms. The predicted molar refractivity (Wildman–Crippen MR) is 104 cm³/mol. The smallest absolute Gasteiger partial charge is 0.240 e. The first kappa shape index (κ1) is 19.2. The highest BCUT2D eigenvalue weighted by molar-refractivity contribution is 7.89. The van der Waals surface area contributed by atoms with Gasteiger partial charge >= 0.3 is 0 Å². The molecule has 0 unspecified atom stereocenters. The average molecular weight is 393 g/mol. The van der Waals surface area contributed by atoms with Crippen LogP contribution in [-0.2, 0) is 10.0 Å². The molecule has 0 radical (unpaired) electrons. The molecule has 1 aliphatic rings. The van der Waals surface area contributed by atoms with Crippen LogP contribution in [0.2, 0.25) is 0 Å². The number of nitrogens with zero attached hydrogens (tertiary/aromatic N) is 1. The summed E-state index contributed by atoms with van der Waals surface area (Å²) >= 11 is 1.82. The van der Waals surface area contributed by atoms with E-state index in [1.165, 1.54) is 23.9 Å². The summed E-state index contributed by atoms with van der Waals surface area (Å²) in [6.07, 6.45) is 2.24. The van der Waals surface area contributed by atoms with Crippen molar-refractivity contribution in [1.29, 1.82) is 0 Å². The van der Waals surface area contributed by atoms with E-state index >= 15 is 0 Å². The molecule has 0 spiro atoms. The second kappa shape index (κ2) is 8.43. The summed E-state index contributed by atoms with van der Waals surface area (Å²) in [6.45, 7) is 4.48. The SMILES string of the molecule is CC(=O)c1cccc(S(=O)(=O)NCCN2CCC(c3cccs3)CC2)c1. The Balaban J connectivity index is 1.49. The molecule has 1 N–H and O–H groups in total. The Hall–Kier alpha value is -1.54. The van der Waals surface area contributed by atoms with E-state index in [9.17, 15) is 13.2 Å². The largest absolute Gasteiger partial charge is 0.302 e. The van der Waals surface area contributed by atoms with Gasteiger partial charge in [-0.3, -0.25) is 4.79 Å². The molecule has 0 aliphatic carbocycles. The number of hydrogen-bond acceptors (Lipinski definition) is 5. The van der Waals surface area contributed by atoms with Crippen LogP contribution in [-0.4, -0.2) is 45.3 Å². The zero-order chi connectivity index (χ0) is 18.6. The normalized spacial score (nSPS) is 16.7. The minimum absolute atomic E-state index is 0.140. The van der Waals surface area contributed by atoms with Crippen LogP contribution in [0.4, 0.5) is 0 Å². The van der Waals surface area contributed by atoms with Gasteiger partial charge in [-0.05, 0) is 62.4 Å². The molecule has 1 aromatic carbocycles. The summed E-state index contributed by atoms with van der Waals surface area (Å²) in [7, 11) is -3.59. The highest BCUT2D eigenvalue weighted by atomic mass is 32.2. The second-order valence-corrected chi connectivity index (χ2v) is 9.36. The van der Waals surface area contributed by atoms with Crippen molar-refractivity contribution in [3.05, 3.63) is 52.2 Å². The van der Waals surface area contributed by atoms with E-state index in [0.29, 0.717) is 24.6 Å². The van der Waals surface area contributed by atoms with Crippen molar-refractivity contribution in [3.63, 3.8) is 0 Å². The molecule has 1 aromatic heterocycles. The zero-order valence-electron chi connectivity index (χ0n) is 14.8. The van der Waals surface area contributed by atoms with Gasteiger partial charge in [0, 0.05) is 23.5 Å². The molecule has 1 fully saturated rings. The van der Waals surface area contributed by atoms with E-state index < -0.39 is 10.0 Å². The minimum Gasteiger partial charge on any atom is -0.302 e. The number of thiophene rings is 1. The van der Waals surface area contributed by atoms with Crippen molar-refractivity contribution in [1.82, 2.24) is 9.62 Å².